The monoisotopic (exact) mass is 403 g/mol. The third-order valence-electron chi connectivity index (χ3n) is 4.33. The largest absolute Gasteiger partial charge is 0.339 e. The summed E-state index contributed by atoms with van der Waals surface area (Å²) < 4.78 is 1.52. The number of benzene rings is 2. The van der Waals surface area contributed by atoms with Crippen LogP contribution in [0.15, 0.2) is 82.8 Å². The first-order valence-electron chi connectivity index (χ1n) is 9.00. The molecule has 0 bridgehead atoms. The molecule has 2 aromatic carbocycles. The average Bonchev–Trinajstić information content (AvgIpc) is 2.72. The van der Waals surface area contributed by atoms with Gasteiger partial charge in [-0.2, -0.15) is 5.10 Å². The number of hydrogen-bond acceptors (Lipinski definition) is 5. The summed E-state index contributed by atoms with van der Waals surface area (Å²) in [4.78, 5) is 17.8. The van der Waals surface area contributed by atoms with Crippen LogP contribution in [0.3, 0.4) is 0 Å². The van der Waals surface area contributed by atoms with E-state index in [0.717, 1.165) is 16.9 Å². The molecular weight excluding hydrogens is 386 g/mol. The Bertz CT molecular complexity index is 1250. The van der Waals surface area contributed by atoms with E-state index in [9.17, 15) is 4.79 Å². The summed E-state index contributed by atoms with van der Waals surface area (Å²) in [6.07, 6.45) is 3.17. The Balaban J connectivity index is 1.79. The maximum atomic E-state index is 13.1. The number of pyridine rings is 1. The zero-order valence-corrected chi connectivity index (χ0v) is 16.4. The first-order valence-corrected chi connectivity index (χ1v) is 9.38. The maximum Gasteiger partial charge on any atom is 0.268 e. The van der Waals surface area contributed by atoms with Gasteiger partial charge in [0.2, 0.25) is 0 Å². The highest BCUT2D eigenvalue weighted by molar-refractivity contribution is 6.30. The third kappa shape index (κ3) is 4.12. The lowest BCUT2D eigenvalue weighted by Gasteiger charge is -2.12. The molecule has 4 aromatic rings. The summed E-state index contributed by atoms with van der Waals surface area (Å²) in [6, 6.07) is 20.5. The van der Waals surface area contributed by atoms with Gasteiger partial charge in [0.05, 0.1) is 11.9 Å². The number of nitrogens with one attached hydrogen (secondary N) is 2. The van der Waals surface area contributed by atoms with Crippen LogP contribution in [-0.4, -0.2) is 15.6 Å². The van der Waals surface area contributed by atoms with Crippen molar-refractivity contribution in [2.75, 3.05) is 10.7 Å². The van der Waals surface area contributed by atoms with Crippen LogP contribution >= 0.6 is 11.6 Å². The molecule has 2 heterocycles. The van der Waals surface area contributed by atoms with Crippen molar-refractivity contribution >= 4 is 40.7 Å². The molecule has 0 radical (unpaired) electrons. The summed E-state index contributed by atoms with van der Waals surface area (Å²) in [5, 5.41) is 8.01. The molecule has 0 saturated carbocycles. The Morgan fingerprint density at radius 1 is 1.03 bits per heavy atom. The van der Waals surface area contributed by atoms with Crippen molar-refractivity contribution < 1.29 is 0 Å². The van der Waals surface area contributed by atoms with Crippen molar-refractivity contribution in [3.63, 3.8) is 0 Å². The molecule has 0 aliphatic heterocycles. The van der Waals surface area contributed by atoms with Gasteiger partial charge in [-0.15, -0.1) is 0 Å². The Kier molecular flexibility index (Phi) is 5.27. The smallest absolute Gasteiger partial charge is 0.268 e. The lowest BCUT2D eigenvalue weighted by Crippen LogP contribution is -2.22. The molecule has 0 aliphatic rings. The second kappa shape index (κ2) is 8.16. The van der Waals surface area contributed by atoms with Crippen molar-refractivity contribution in [3.05, 3.63) is 99.4 Å². The lowest BCUT2D eigenvalue weighted by molar-refractivity contribution is 1.03. The molecular formula is C22H18ClN5O. The molecule has 0 aliphatic carbocycles. The number of anilines is 3. The first kappa shape index (κ1) is 18.7. The van der Waals surface area contributed by atoms with Gasteiger partial charge in [0.1, 0.15) is 17.0 Å². The van der Waals surface area contributed by atoms with E-state index in [2.05, 4.69) is 20.8 Å². The quantitative estimate of drug-likeness (QED) is 0.369. The second-order valence-electron chi connectivity index (χ2n) is 6.44. The van der Waals surface area contributed by atoms with Crippen LogP contribution in [0.1, 0.15) is 11.1 Å². The molecule has 0 amide bonds. The van der Waals surface area contributed by atoms with Crippen LogP contribution in [0, 0.1) is 6.92 Å². The minimum absolute atomic E-state index is 0.221. The SMILES string of the molecule is Cc1cccn2c(=O)c(/C=N\Nc3ccccc3)c(Nc3cccc(Cl)c3)nc12. The summed E-state index contributed by atoms with van der Waals surface area (Å²) in [6.45, 7) is 1.91. The Morgan fingerprint density at radius 2 is 1.83 bits per heavy atom. The third-order valence-corrected chi connectivity index (χ3v) is 4.57. The van der Waals surface area contributed by atoms with Crippen LogP contribution in [0.25, 0.3) is 5.65 Å². The van der Waals surface area contributed by atoms with Gasteiger partial charge in [-0.05, 0) is 48.9 Å². The van der Waals surface area contributed by atoms with E-state index in [1.165, 1.54) is 10.6 Å². The fourth-order valence-corrected chi connectivity index (χ4v) is 3.10. The summed E-state index contributed by atoms with van der Waals surface area (Å²) in [5.74, 6) is 0.408. The van der Waals surface area contributed by atoms with Crippen molar-refractivity contribution in [2.24, 2.45) is 5.10 Å². The van der Waals surface area contributed by atoms with Crippen molar-refractivity contribution in [1.82, 2.24) is 9.38 Å². The van der Waals surface area contributed by atoms with Crippen LogP contribution in [0.5, 0.6) is 0 Å². The minimum Gasteiger partial charge on any atom is -0.339 e. The second-order valence-corrected chi connectivity index (χ2v) is 6.87. The highest BCUT2D eigenvalue weighted by atomic mass is 35.5. The number of nitrogens with zero attached hydrogens (tertiary/aromatic N) is 3. The number of halogens is 1. The number of hydrogen-bond donors (Lipinski definition) is 2. The molecule has 2 N–H and O–H groups in total. The van der Waals surface area contributed by atoms with Crippen LogP contribution < -0.4 is 16.3 Å². The highest BCUT2D eigenvalue weighted by Crippen LogP contribution is 2.21. The van der Waals surface area contributed by atoms with Crippen molar-refractivity contribution in [2.45, 2.75) is 6.92 Å². The van der Waals surface area contributed by atoms with E-state index >= 15 is 0 Å². The fraction of sp³-hybridized carbons (Fsp3) is 0.0455. The number of hydrazone groups is 1. The fourth-order valence-electron chi connectivity index (χ4n) is 2.91. The van der Waals surface area contributed by atoms with Gasteiger partial charge in [-0.25, -0.2) is 4.98 Å². The standard InChI is InChI=1S/C22H18ClN5O/c1-15-7-6-12-28-21(15)26-20(25-18-11-5-8-16(23)13-18)19(22(28)29)14-24-27-17-9-3-2-4-10-17/h2-14,25,27H,1H3/b24-14-. The zero-order chi connectivity index (χ0) is 20.2. The Labute approximate surface area is 172 Å². The van der Waals surface area contributed by atoms with Gasteiger partial charge < -0.3 is 5.32 Å². The van der Waals surface area contributed by atoms with Crippen LogP contribution in [-0.2, 0) is 0 Å². The number of para-hydroxylation sites is 1. The predicted molar refractivity (Wildman–Crippen MR) is 119 cm³/mol. The molecule has 2 aromatic heterocycles. The molecule has 0 spiro atoms. The lowest BCUT2D eigenvalue weighted by atomic mass is 10.2. The van der Waals surface area contributed by atoms with Crippen molar-refractivity contribution in [3.8, 4) is 0 Å². The summed E-state index contributed by atoms with van der Waals surface area (Å²) in [7, 11) is 0. The van der Waals surface area contributed by atoms with Gasteiger partial charge in [0, 0.05) is 16.9 Å². The van der Waals surface area contributed by atoms with E-state index in [4.69, 9.17) is 11.6 Å². The van der Waals surface area contributed by atoms with E-state index in [-0.39, 0.29) is 5.56 Å². The van der Waals surface area contributed by atoms with Crippen LogP contribution in [0.2, 0.25) is 5.02 Å². The Hall–Kier alpha value is -3.64. The average molecular weight is 404 g/mol. The van der Waals surface area contributed by atoms with Gasteiger partial charge >= 0.3 is 0 Å². The highest BCUT2D eigenvalue weighted by Gasteiger charge is 2.13. The van der Waals surface area contributed by atoms with E-state index in [0.29, 0.717) is 22.1 Å². The number of fused-ring (bicyclic) bond motifs is 1. The molecule has 6 nitrogen and oxygen atoms in total. The molecule has 0 fully saturated rings. The number of rotatable bonds is 5. The van der Waals surface area contributed by atoms with E-state index in [1.807, 2.05) is 61.5 Å². The molecule has 144 valence electrons. The molecule has 0 atom stereocenters. The number of aromatic nitrogens is 2. The summed E-state index contributed by atoms with van der Waals surface area (Å²) in [5.41, 5.74) is 6.05. The topological polar surface area (TPSA) is 70.8 Å². The number of aryl methyl sites for hydroxylation is 1. The van der Waals surface area contributed by atoms with Gasteiger partial charge in [-0.3, -0.25) is 14.6 Å². The zero-order valence-electron chi connectivity index (χ0n) is 15.6. The van der Waals surface area contributed by atoms with Gasteiger partial charge in [-0.1, -0.05) is 41.9 Å². The maximum absolute atomic E-state index is 13.1. The predicted octanol–water partition coefficient (Wildman–Crippen LogP) is 4.85. The van der Waals surface area contributed by atoms with Crippen molar-refractivity contribution in [1.29, 1.82) is 0 Å². The molecule has 29 heavy (non-hydrogen) atoms. The molecule has 0 unspecified atom stereocenters. The molecule has 4 rings (SSSR count). The van der Waals surface area contributed by atoms with Gasteiger partial charge in [0.25, 0.3) is 5.56 Å². The van der Waals surface area contributed by atoms with E-state index < -0.39 is 0 Å². The normalized spacial score (nSPS) is 11.1. The first-order chi connectivity index (χ1) is 14.1. The Morgan fingerprint density at radius 3 is 2.62 bits per heavy atom. The summed E-state index contributed by atoms with van der Waals surface area (Å²) >= 11 is 6.09. The van der Waals surface area contributed by atoms with Gasteiger partial charge in [0.15, 0.2) is 0 Å². The minimum atomic E-state index is -0.221. The van der Waals surface area contributed by atoms with E-state index in [1.54, 1.807) is 18.3 Å². The molecule has 7 heteroatoms. The van der Waals surface area contributed by atoms with Crippen LogP contribution in [0.4, 0.5) is 17.2 Å². The molecule has 0 saturated heterocycles.